The number of allylic oxidation sites excluding steroid dienone is 2. The monoisotopic (exact) mass is 292 g/mol. The van der Waals surface area contributed by atoms with Crippen molar-refractivity contribution in [3.05, 3.63) is 26.0 Å². The lowest BCUT2D eigenvalue weighted by atomic mass is 10.1. The zero-order valence-electron chi connectivity index (χ0n) is 14.6. The molecular weight excluding hydrogens is 252 g/mol. The molecular formula is C21H40. The van der Waals surface area contributed by atoms with Crippen molar-refractivity contribution in [3.8, 4) is 0 Å². The topological polar surface area (TPSA) is 0 Å². The molecule has 0 saturated heterocycles. The summed E-state index contributed by atoms with van der Waals surface area (Å²) in [5.74, 6) is 0. The van der Waals surface area contributed by atoms with E-state index in [2.05, 4.69) is 26.0 Å². The van der Waals surface area contributed by atoms with E-state index in [1.54, 1.807) is 0 Å². The maximum Gasteiger partial charge on any atom is -0.0351 e. The molecule has 0 aliphatic carbocycles. The number of rotatable bonds is 17. The van der Waals surface area contributed by atoms with E-state index in [-0.39, 0.29) is 0 Å². The summed E-state index contributed by atoms with van der Waals surface area (Å²) in [4.78, 5) is 0. The van der Waals surface area contributed by atoms with Crippen molar-refractivity contribution in [1.29, 1.82) is 0 Å². The first-order valence-electron chi connectivity index (χ1n) is 9.65. The van der Waals surface area contributed by atoms with Gasteiger partial charge in [0.05, 0.1) is 0 Å². The fourth-order valence-corrected chi connectivity index (χ4v) is 2.70. The maximum absolute atomic E-state index is 3.89. The van der Waals surface area contributed by atoms with Crippen LogP contribution in [0.2, 0.25) is 0 Å². The van der Waals surface area contributed by atoms with Gasteiger partial charge in [0.1, 0.15) is 0 Å². The van der Waals surface area contributed by atoms with Crippen molar-refractivity contribution in [1.82, 2.24) is 0 Å². The van der Waals surface area contributed by atoms with Gasteiger partial charge in [-0.15, -0.1) is 0 Å². The molecule has 0 amide bonds. The molecule has 21 heavy (non-hydrogen) atoms. The first-order chi connectivity index (χ1) is 10.4. The lowest BCUT2D eigenvalue weighted by molar-refractivity contribution is 0.553. The first kappa shape index (κ1) is 20.7. The molecule has 124 valence electrons. The van der Waals surface area contributed by atoms with E-state index in [1.807, 2.05) is 0 Å². The third-order valence-electron chi connectivity index (χ3n) is 4.16. The summed E-state index contributed by atoms with van der Waals surface area (Å²) in [6, 6.07) is 0. The van der Waals surface area contributed by atoms with Gasteiger partial charge in [-0.1, -0.05) is 109 Å². The van der Waals surface area contributed by atoms with E-state index in [0.717, 1.165) is 12.8 Å². The molecule has 2 radical (unpaired) electrons. The van der Waals surface area contributed by atoms with Crippen LogP contribution in [0.25, 0.3) is 0 Å². The summed E-state index contributed by atoms with van der Waals surface area (Å²) >= 11 is 0. The smallest absolute Gasteiger partial charge is 0.0351 e. The molecule has 0 heterocycles. The Hall–Kier alpha value is -0.260. The fraction of sp³-hybridized carbons (Fsp3) is 0.810. The van der Waals surface area contributed by atoms with Crippen LogP contribution in [0.1, 0.15) is 109 Å². The summed E-state index contributed by atoms with van der Waals surface area (Å²) in [6.07, 6.45) is 27.7. The summed E-state index contributed by atoms with van der Waals surface area (Å²) < 4.78 is 0. The highest BCUT2D eigenvalue weighted by Gasteiger charge is 1.92. The second-order valence-corrected chi connectivity index (χ2v) is 6.35. The van der Waals surface area contributed by atoms with E-state index >= 15 is 0 Å². The Bertz CT molecular complexity index is 192. The molecule has 0 fully saturated rings. The largest absolute Gasteiger partial charge is 0.0885 e. The molecule has 0 aliphatic heterocycles. The van der Waals surface area contributed by atoms with Crippen LogP contribution in [-0.4, -0.2) is 0 Å². The Kier molecular flexibility index (Phi) is 19.5. The van der Waals surface area contributed by atoms with E-state index in [0.29, 0.717) is 0 Å². The summed E-state index contributed by atoms with van der Waals surface area (Å²) in [6.45, 7) is 7.77. The van der Waals surface area contributed by atoms with Crippen molar-refractivity contribution >= 4 is 0 Å². The van der Waals surface area contributed by atoms with E-state index in [4.69, 9.17) is 0 Å². The maximum atomic E-state index is 3.89. The van der Waals surface area contributed by atoms with Gasteiger partial charge in [-0.25, -0.2) is 0 Å². The molecule has 0 atom stereocenters. The van der Waals surface area contributed by atoms with Crippen LogP contribution in [0.15, 0.2) is 12.2 Å². The number of hydrogen-bond acceptors (Lipinski definition) is 0. The van der Waals surface area contributed by atoms with Gasteiger partial charge in [0.2, 0.25) is 0 Å². The summed E-state index contributed by atoms with van der Waals surface area (Å²) in [5, 5.41) is 0. The zero-order valence-corrected chi connectivity index (χ0v) is 14.6. The normalized spacial score (nSPS) is 11.5. The first-order valence-corrected chi connectivity index (χ1v) is 9.65. The van der Waals surface area contributed by atoms with Crippen LogP contribution >= 0.6 is 0 Å². The van der Waals surface area contributed by atoms with Crippen LogP contribution in [0.5, 0.6) is 0 Å². The average Bonchev–Trinajstić information content (AvgIpc) is 2.50. The van der Waals surface area contributed by atoms with Crippen molar-refractivity contribution in [2.24, 2.45) is 0 Å². The molecule has 0 aromatic carbocycles. The SMILES string of the molecule is [CH2]CCCCC/C=C/CCCCCCCCCCCC[CH2]. The third-order valence-corrected chi connectivity index (χ3v) is 4.16. The van der Waals surface area contributed by atoms with Gasteiger partial charge in [0, 0.05) is 0 Å². The van der Waals surface area contributed by atoms with Gasteiger partial charge in [0.25, 0.3) is 0 Å². The van der Waals surface area contributed by atoms with Crippen LogP contribution in [0, 0.1) is 13.8 Å². The Balaban J connectivity index is 3.00. The Morgan fingerprint density at radius 1 is 0.381 bits per heavy atom. The summed E-state index contributed by atoms with van der Waals surface area (Å²) in [7, 11) is 0. The minimum Gasteiger partial charge on any atom is -0.0885 e. The third kappa shape index (κ3) is 19.7. The molecule has 0 heteroatoms. The van der Waals surface area contributed by atoms with Gasteiger partial charge in [0.15, 0.2) is 0 Å². The minimum absolute atomic E-state index is 1.10. The highest BCUT2D eigenvalue weighted by Crippen LogP contribution is 2.12. The van der Waals surface area contributed by atoms with Crippen molar-refractivity contribution in [3.63, 3.8) is 0 Å². The minimum atomic E-state index is 1.10. The van der Waals surface area contributed by atoms with Crippen LogP contribution in [0.4, 0.5) is 0 Å². The van der Waals surface area contributed by atoms with Crippen LogP contribution < -0.4 is 0 Å². The molecule has 0 rings (SSSR count). The molecule has 0 N–H and O–H groups in total. The predicted octanol–water partition coefficient (Wildman–Crippen LogP) is 7.84. The van der Waals surface area contributed by atoms with Gasteiger partial charge >= 0.3 is 0 Å². The van der Waals surface area contributed by atoms with E-state index < -0.39 is 0 Å². The van der Waals surface area contributed by atoms with Crippen molar-refractivity contribution < 1.29 is 0 Å². The van der Waals surface area contributed by atoms with Gasteiger partial charge in [-0.05, 0) is 25.7 Å². The molecule has 0 aromatic rings. The Morgan fingerprint density at radius 3 is 1.05 bits per heavy atom. The molecule has 0 aliphatic rings. The van der Waals surface area contributed by atoms with Crippen molar-refractivity contribution in [2.75, 3.05) is 0 Å². The van der Waals surface area contributed by atoms with Crippen LogP contribution in [-0.2, 0) is 0 Å². The molecule has 0 unspecified atom stereocenters. The quantitative estimate of drug-likeness (QED) is 0.189. The summed E-state index contributed by atoms with van der Waals surface area (Å²) in [5.41, 5.74) is 0. The second kappa shape index (κ2) is 19.7. The molecule has 0 bridgehead atoms. The molecule has 0 saturated carbocycles. The van der Waals surface area contributed by atoms with E-state index in [9.17, 15) is 0 Å². The van der Waals surface area contributed by atoms with Crippen LogP contribution in [0.3, 0.4) is 0 Å². The molecule has 0 spiro atoms. The number of unbranched alkanes of at least 4 members (excludes halogenated alkanes) is 15. The van der Waals surface area contributed by atoms with Gasteiger partial charge in [-0.2, -0.15) is 0 Å². The zero-order chi connectivity index (χ0) is 15.4. The molecule has 0 aromatic heterocycles. The lowest BCUT2D eigenvalue weighted by Crippen LogP contribution is -1.82. The highest BCUT2D eigenvalue weighted by atomic mass is 14.0. The van der Waals surface area contributed by atoms with Gasteiger partial charge < -0.3 is 0 Å². The number of hydrogen-bond donors (Lipinski definition) is 0. The Morgan fingerprint density at radius 2 is 0.667 bits per heavy atom. The Labute approximate surface area is 135 Å². The predicted molar refractivity (Wildman–Crippen MR) is 98.3 cm³/mol. The second-order valence-electron chi connectivity index (χ2n) is 6.35. The van der Waals surface area contributed by atoms with Crippen molar-refractivity contribution in [2.45, 2.75) is 109 Å². The fourth-order valence-electron chi connectivity index (χ4n) is 2.70. The van der Waals surface area contributed by atoms with Gasteiger partial charge in [-0.3, -0.25) is 0 Å². The highest BCUT2D eigenvalue weighted by molar-refractivity contribution is 4.81. The standard InChI is InChI=1S/C21H40/c1-3-5-7-9-11-13-15-17-19-21-20-18-16-14-12-10-8-6-4-2/h13,15H,1-12,14,16-21H2/b15-13+. The average molecular weight is 293 g/mol. The van der Waals surface area contributed by atoms with E-state index in [1.165, 1.54) is 96.3 Å². The molecule has 0 nitrogen and oxygen atoms in total. The lowest BCUT2D eigenvalue weighted by Gasteiger charge is -2.01.